The Morgan fingerprint density at radius 1 is 1.06 bits per heavy atom. The number of amides is 2. The second kappa shape index (κ2) is 11.2. The molecule has 0 saturated heterocycles. The molecule has 1 aliphatic rings. The number of carboxylic acids is 1. The van der Waals surface area contributed by atoms with Crippen LogP contribution < -0.4 is 5.32 Å². The Kier molecular flexibility index (Phi) is 8.37. The Hall–Kier alpha value is -3.56. The maximum atomic E-state index is 12.8. The van der Waals surface area contributed by atoms with Crippen molar-refractivity contribution in [1.29, 1.82) is 0 Å². The first-order valence-electron chi connectivity index (χ1n) is 11.3. The van der Waals surface area contributed by atoms with Crippen molar-refractivity contribution in [1.82, 2.24) is 10.2 Å². The molecule has 0 radical (unpaired) electrons. The van der Waals surface area contributed by atoms with Gasteiger partial charge in [0.25, 0.3) is 0 Å². The number of alkyl carbamates (subject to hydrolysis) is 1. The van der Waals surface area contributed by atoms with Gasteiger partial charge in [-0.2, -0.15) is 13.2 Å². The van der Waals surface area contributed by atoms with Crippen molar-refractivity contribution in [2.24, 2.45) is 0 Å². The minimum Gasteiger partial charge on any atom is -0.480 e. The molecular formula is C25H27F3N2O5. The minimum atomic E-state index is -4.74. The average molecular weight is 492 g/mol. The third kappa shape index (κ3) is 6.97. The summed E-state index contributed by atoms with van der Waals surface area (Å²) < 4.78 is 43.8. The number of nitrogens with zero attached hydrogens (tertiary/aromatic N) is 1. The lowest BCUT2D eigenvalue weighted by Gasteiger charge is -2.25. The molecule has 2 amide bonds. The fourth-order valence-electron chi connectivity index (χ4n) is 4.33. The molecule has 0 fully saturated rings. The summed E-state index contributed by atoms with van der Waals surface area (Å²) in [5.74, 6) is -2.74. The van der Waals surface area contributed by atoms with E-state index in [0.717, 1.165) is 22.3 Å². The Balaban J connectivity index is 1.63. The summed E-state index contributed by atoms with van der Waals surface area (Å²) in [6.07, 6.45) is -5.16. The molecule has 0 aromatic heterocycles. The van der Waals surface area contributed by atoms with Gasteiger partial charge < -0.3 is 20.1 Å². The molecule has 10 heteroatoms. The number of fused-ring (bicyclic) bond motifs is 3. The van der Waals surface area contributed by atoms with E-state index in [1.165, 1.54) is 0 Å². The van der Waals surface area contributed by atoms with E-state index in [4.69, 9.17) is 9.84 Å². The third-order valence-electron chi connectivity index (χ3n) is 5.77. The topological polar surface area (TPSA) is 95.9 Å². The van der Waals surface area contributed by atoms with Crippen molar-refractivity contribution in [3.05, 3.63) is 59.7 Å². The van der Waals surface area contributed by atoms with E-state index in [0.29, 0.717) is 12.8 Å². The van der Waals surface area contributed by atoms with E-state index in [2.05, 4.69) is 5.32 Å². The van der Waals surface area contributed by atoms with E-state index in [9.17, 15) is 27.6 Å². The highest BCUT2D eigenvalue weighted by Gasteiger charge is 2.35. The van der Waals surface area contributed by atoms with Gasteiger partial charge in [-0.3, -0.25) is 9.59 Å². The fraction of sp³-hybridized carbons (Fsp3) is 0.400. The molecule has 0 spiro atoms. The van der Waals surface area contributed by atoms with Gasteiger partial charge in [0.05, 0.1) is 0 Å². The largest absolute Gasteiger partial charge is 0.480 e. The molecule has 0 aliphatic heterocycles. The van der Waals surface area contributed by atoms with Crippen molar-refractivity contribution in [2.45, 2.75) is 44.3 Å². The number of aliphatic carboxylic acids is 1. The minimum absolute atomic E-state index is 0.0475. The van der Waals surface area contributed by atoms with E-state index in [-0.39, 0.29) is 17.4 Å². The van der Waals surface area contributed by atoms with Gasteiger partial charge in [0, 0.05) is 18.4 Å². The number of hydrogen-bond acceptors (Lipinski definition) is 4. The molecule has 7 nitrogen and oxygen atoms in total. The van der Waals surface area contributed by atoms with Crippen molar-refractivity contribution in [3.63, 3.8) is 0 Å². The monoisotopic (exact) mass is 492 g/mol. The molecule has 3 rings (SSSR count). The molecular weight excluding hydrogens is 465 g/mol. The van der Waals surface area contributed by atoms with E-state index in [1.807, 2.05) is 48.5 Å². The molecule has 0 unspecified atom stereocenters. The molecule has 2 aromatic rings. The average Bonchev–Trinajstić information content (AvgIpc) is 3.10. The summed E-state index contributed by atoms with van der Waals surface area (Å²) in [5.41, 5.74) is 4.18. The molecule has 1 atom stereocenters. The Morgan fingerprint density at radius 2 is 1.63 bits per heavy atom. The van der Waals surface area contributed by atoms with Crippen LogP contribution in [0.3, 0.4) is 0 Å². The second-order valence-electron chi connectivity index (χ2n) is 8.42. The highest BCUT2D eigenvalue weighted by Crippen LogP contribution is 2.44. The Morgan fingerprint density at radius 3 is 2.14 bits per heavy atom. The first-order chi connectivity index (χ1) is 16.6. The highest BCUT2D eigenvalue weighted by atomic mass is 19.4. The maximum absolute atomic E-state index is 12.8. The van der Waals surface area contributed by atoms with Crippen LogP contribution in [0.15, 0.2) is 48.5 Å². The van der Waals surface area contributed by atoms with Crippen LogP contribution in [0.4, 0.5) is 18.0 Å². The molecule has 2 aromatic carbocycles. The van der Waals surface area contributed by atoms with Crippen molar-refractivity contribution < 1.29 is 37.4 Å². The van der Waals surface area contributed by atoms with Crippen LogP contribution in [0.1, 0.15) is 43.2 Å². The van der Waals surface area contributed by atoms with Crippen LogP contribution in [0.2, 0.25) is 0 Å². The number of alkyl halides is 3. The van der Waals surface area contributed by atoms with Crippen molar-refractivity contribution in [3.8, 4) is 11.1 Å². The van der Waals surface area contributed by atoms with Gasteiger partial charge in [-0.05, 0) is 28.7 Å². The molecule has 0 heterocycles. The molecule has 2 N–H and O–H groups in total. The standard InChI is InChI=1S/C25H27F3N2O5/c1-2-7-16(12-22(31)30(13-23(32)33)15-25(26,27)28)29-24(34)35-14-21-19-10-5-3-8-17(19)18-9-4-6-11-20(18)21/h3-6,8-11,16,21H,2,7,12-15H2,1H3,(H,29,34)(H,32,33)/t16-/m1/s1. The van der Waals surface area contributed by atoms with Gasteiger partial charge in [0.2, 0.25) is 5.91 Å². The predicted octanol–water partition coefficient (Wildman–Crippen LogP) is 4.56. The van der Waals surface area contributed by atoms with Crippen LogP contribution in [0.5, 0.6) is 0 Å². The predicted molar refractivity (Wildman–Crippen MR) is 122 cm³/mol. The maximum Gasteiger partial charge on any atom is 0.407 e. The van der Waals surface area contributed by atoms with E-state index in [1.54, 1.807) is 6.92 Å². The second-order valence-corrected chi connectivity index (χ2v) is 8.42. The van der Waals surface area contributed by atoms with Crippen LogP contribution in [-0.2, 0) is 14.3 Å². The normalized spacial score (nSPS) is 13.5. The quantitative estimate of drug-likeness (QED) is 0.507. The number of benzene rings is 2. The smallest absolute Gasteiger partial charge is 0.407 e. The number of hydrogen-bond donors (Lipinski definition) is 2. The van der Waals surface area contributed by atoms with E-state index >= 15 is 0 Å². The number of carbonyl (C=O) groups is 3. The first-order valence-corrected chi connectivity index (χ1v) is 11.3. The van der Waals surface area contributed by atoms with Gasteiger partial charge in [-0.1, -0.05) is 61.9 Å². The number of halogens is 3. The lowest BCUT2D eigenvalue weighted by atomic mass is 9.98. The molecule has 0 bridgehead atoms. The molecule has 188 valence electrons. The summed E-state index contributed by atoms with van der Waals surface area (Å²) in [4.78, 5) is 36.1. The Bertz CT molecular complexity index is 1030. The zero-order valence-corrected chi connectivity index (χ0v) is 19.2. The number of carboxylic acid groups (broad SMARTS) is 1. The number of ether oxygens (including phenoxy) is 1. The summed E-state index contributed by atoms with van der Waals surface area (Å²) >= 11 is 0. The third-order valence-corrected chi connectivity index (χ3v) is 5.77. The SMILES string of the molecule is CCC[C@H](CC(=O)N(CC(=O)O)CC(F)(F)F)NC(=O)OCC1c2ccccc2-c2ccccc21. The first kappa shape index (κ1) is 26.1. The van der Waals surface area contributed by atoms with Crippen molar-refractivity contribution >= 4 is 18.0 Å². The van der Waals surface area contributed by atoms with Gasteiger partial charge in [-0.15, -0.1) is 0 Å². The summed E-state index contributed by atoms with van der Waals surface area (Å²) in [6.45, 7) is -0.919. The Labute approximate surface area is 200 Å². The number of rotatable bonds is 10. The van der Waals surface area contributed by atoms with E-state index < -0.39 is 49.7 Å². The zero-order valence-electron chi connectivity index (χ0n) is 19.2. The van der Waals surface area contributed by atoms with Gasteiger partial charge in [-0.25, -0.2) is 4.79 Å². The molecule has 35 heavy (non-hydrogen) atoms. The number of nitrogens with one attached hydrogen (secondary N) is 1. The summed E-state index contributed by atoms with van der Waals surface area (Å²) in [6, 6.07) is 14.8. The lowest BCUT2D eigenvalue weighted by molar-refractivity contribution is -0.166. The van der Waals surface area contributed by atoms with Gasteiger partial charge >= 0.3 is 18.2 Å². The fourth-order valence-corrected chi connectivity index (χ4v) is 4.33. The summed E-state index contributed by atoms with van der Waals surface area (Å²) in [7, 11) is 0. The van der Waals surface area contributed by atoms with Crippen LogP contribution >= 0.6 is 0 Å². The molecule has 1 aliphatic carbocycles. The lowest BCUT2D eigenvalue weighted by Crippen LogP contribution is -2.45. The zero-order chi connectivity index (χ0) is 25.6. The van der Waals surface area contributed by atoms with Gasteiger partial charge in [0.15, 0.2) is 0 Å². The van der Waals surface area contributed by atoms with Crippen molar-refractivity contribution in [2.75, 3.05) is 19.7 Å². The number of carbonyl (C=O) groups excluding carboxylic acids is 2. The van der Waals surface area contributed by atoms with Crippen LogP contribution in [0.25, 0.3) is 11.1 Å². The van der Waals surface area contributed by atoms with Crippen LogP contribution in [-0.4, -0.2) is 59.9 Å². The summed E-state index contributed by atoms with van der Waals surface area (Å²) in [5, 5.41) is 11.4. The van der Waals surface area contributed by atoms with Crippen LogP contribution in [0, 0.1) is 0 Å². The van der Waals surface area contributed by atoms with Gasteiger partial charge in [0.1, 0.15) is 19.7 Å². The molecule has 0 saturated carbocycles. The highest BCUT2D eigenvalue weighted by molar-refractivity contribution is 5.82.